The van der Waals surface area contributed by atoms with Crippen LogP contribution in [-0.2, 0) is 17.6 Å². The first-order chi connectivity index (χ1) is 11.1. The SMILES string of the molecule is CCc1nc([C@@H]2CCCN2C(=O)CCc2c(C)noc2C)no1. The van der Waals surface area contributed by atoms with Gasteiger partial charge in [-0.05, 0) is 33.1 Å². The van der Waals surface area contributed by atoms with Crippen molar-refractivity contribution in [3.05, 3.63) is 28.7 Å². The Bertz CT molecular complexity index is 672. The number of aromatic nitrogens is 3. The van der Waals surface area contributed by atoms with Crippen LogP contribution in [-0.4, -0.2) is 32.6 Å². The van der Waals surface area contributed by atoms with Gasteiger partial charge in [0.25, 0.3) is 0 Å². The molecule has 23 heavy (non-hydrogen) atoms. The Balaban J connectivity index is 1.66. The quantitative estimate of drug-likeness (QED) is 0.842. The van der Waals surface area contributed by atoms with E-state index in [2.05, 4.69) is 15.3 Å². The van der Waals surface area contributed by atoms with E-state index in [0.717, 1.165) is 36.4 Å². The highest BCUT2D eigenvalue weighted by molar-refractivity contribution is 5.77. The van der Waals surface area contributed by atoms with E-state index in [4.69, 9.17) is 9.05 Å². The molecule has 1 aliphatic heterocycles. The first kappa shape index (κ1) is 15.7. The molecule has 0 spiro atoms. The third-order valence-electron chi connectivity index (χ3n) is 4.43. The Morgan fingerprint density at radius 1 is 1.30 bits per heavy atom. The van der Waals surface area contributed by atoms with Crippen molar-refractivity contribution in [3.63, 3.8) is 0 Å². The zero-order valence-corrected chi connectivity index (χ0v) is 13.8. The molecule has 0 unspecified atom stereocenters. The summed E-state index contributed by atoms with van der Waals surface area (Å²) in [7, 11) is 0. The summed E-state index contributed by atoms with van der Waals surface area (Å²) in [6.07, 6.45) is 3.66. The molecule has 0 N–H and O–H groups in total. The molecule has 124 valence electrons. The number of likely N-dealkylation sites (tertiary alicyclic amines) is 1. The maximum atomic E-state index is 12.6. The molecular formula is C16H22N4O3. The van der Waals surface area contributed by atoms with Gasteiger partial charge in [0, 0.05) is 24.9 Å². The van der Waals surface area contributed by atoms with Crippen molar-refractivity contribution >= 4 is 5.91 Å². The maximum absolute atomic E-state index is 12.6. The molecule has 0 saturated carbocycles. The van der Waals surface area contributed by atoms with Crippen LogP contribution in [0.4, 0.5) is 0 Å². The van der Waals surface area contributed by atoms with Gasteiger partial charge in [0.05, 0.1) is 11.7 Å². The lowest BCUT2D eigenvalue weighted by molar-refractivity contribution is -0.132. The molecule has 0 aliphatic carbocycles. The van der Waals surface area contributed by atoms with Crippen LogP contribution in [0.3, 0.4) is 0 Å². The highest BCUT2D eigenvalue weighted by Gasteiger charge is 2.33. The lowest BCUT2D eigenvalue weighted by Crippen LogP contribution is -2.31. The number of hydrogen-bond acceptors (Lipinski definition) is 6. The predicted octanol–water partition coefficient (Wildman–Crippen LogP) is 2.53. The summed E-state index contributed by atoms with van der Waals surface area (Å²) in [4.78, 5) is 18.9. The molecule has 7 nitrogen and oxygen atoms in total. The number of aryl methyl sites for hydroxylation is 3. The molecular weight excluding hydrogens is 296 g/mol. The smallest absolute Gasteiger partial charge is 0.226 e. The van der Waals surface area contributed by atoms with Crippen molar-refractivity contribution in [2.24, 2.45) is 0 Å². The molecule has 0 bridgehead atoms. The van der Waals surface area contributed by atoms with Crippen molar-refractivity contribution < 1.29 is 13.8 Å². The molecule has 3 heterocycles. The van der Waals surface area contributed by atoms with Crippen LogP contribution in [0.1, 0.15) is 61.0 Å². The number of amides is 1. The number of hydrogen-bond donors (Lipinski definition) is 0. The molecule has 1 amide bonds. The largest absolute Gasteiger partial charge is 0.361 e. The van der Waals surface area contributed by atoms with Gasteiger partial charge in [-0.2, -0.15) is 4.98 Å². The second-order valence-corrected chi connectivity index (χ2v) is 5.95. The topological polar surface area (TPSA) is 85.3 Å². The molecule has 2 aromatic rings. The second kappa shape index (κ2) is 6.52. The minimum absolute atomic E-state index is 0.0591. The minimum atomic E-state index is -0.0591. The summed E-state index contributed by atoms with van der Waals surface area (Å²) in [5.74, 6) is 2.16. The van der Waals surface area contributed by atoms with Gasteiger partial charge in [-0.25, -0.2) is 0 Å². The number of carbonyl (C=O) groups excluding carboxylic acids is 1. The number of rotatable bonds is 5. The number of carbonyl (C=O) groups is 1. The molecule has 0 radical (unpaired) electrons. The minimum Gasteiger partial charge on any atom is -0.361 e. The summed E-state index contributed by atoms with van der Waals surface area (Å²) < 4.78 is 10.3. The third kappa shape index (κ3) is 3.13. The summed E-state index contributed by atoms with van der Waals surface area (Å²) in [5.41, 5.74) is 1.89. The van der Waals surface area contributed by atoms with E-state index in [9.17, 15) is 4.79 Å². The molecule has 7 heteroatoms. The first-order valence-corrected chi connectivity index (χ1v) is 8.13. The van der Waals surface area contributed by atoms with Crippen LogP contribution in [0.2, 0.25) is 0 Å². The fourth-order valence-corrected chi connectivity index (χ4v) is 3.11. The third-order valence-corrected chi connectivity index (χ3v) is 4.43. The molecule has 2 aromatic heterocycles. The van der Waals surface area contributed by atoms with Crippen LogP contribution < -0.4 is 0 Å². The highest BCUT2D eigenvalue weighted by atomic mass is 16.5. The lowest BCUT2D eigenvalue weighted by Gasteiger charge is -2.22. The van der Waals surface area contributed by atoms with Crippen molar-refractivity contribution in [1.82, 2.24) is 20.2 Å². The van der Waals surface area contributed by atoms with Crippen LogP contribution >= 0.6 is 0 Å². The van der Waals surface area contributed by atoms with Gasteiger partial charge < -0.3 is 13.9 Å². The summed E-state index contributed by atoms with van der Waals surface area (Å²) in [6.45, 7) is 6.50. The molecule has 1 aliphatic rings. The average molecular weight is 318 g/mol. The highest BCUT2D eigenvalue weighted by Crippen LogP contribution is 2.31. The Labute approximate surface area is 135 Å². The van der Waals surface area contributed by atoms with Gasteiger partial charge in [-0.15, -0.1) is 0 Å². The summed E-state index contributed by atoms with van der Waals surface area (Å²) >= 11 is 0. The van der Waals surface area contributed by atoms with E-state index in [1.807, 2.05) is 25.7 Å². The second-order valence-electron chi connectivity index (χ2n) is 5.95. The van der Waals surface area contributed by atoms with Crippen LogP contribution in [0, 0.1) is 13.8 Å². The zero-order chi connectivity index (χ0) is 16.4. The predicted molar refractivity (Wildman–Crippen MR) is 81.7 cm³/mol. The van der Waals surface area contributed by atoms with E-state index in [1.165, 1.54) is 0 Å². The Kier molecular flexibility index (Phi) is 4.45. The summed E-state index contributed by atoms with van der Waals surface area (Å²) in [6, 6.07) is -0.0591. The molecule has 1 atom stereocenters. The fraction of sp³-hybridized carbons (Fsp3) is 0.625. The Hall–Kier alpha value is -2.18. The monoisotopic (exact) mass is 318 g/mol. The van der Waals surface area contributed by atoms with E-state index in [1.54, 1.807) is 0 Å². The standard InChI is InChI=1S/C16H22N4O3/c1-4-14-17-16(19-23-14)13-6-5-9-20(13)15(21)8-7-12-10(2)18-22-11(12)3/h13H,4-9H2,1-3H3/t13-/m0/s1. The average Bonchev–Trinajstić information content (AvgIpc) is 3.25. The van der Waals surface area contributed by atoms with Crippen molar-refractivity contribution in [1.29, 1.82) is 0 Å². The van der Waals surface area contributed by atoms with Gasteiger partial charge >= 0.3 is 0 Å². The van der Waals surface area contributed by atoms with Gasteiger partial charge in [0.2, 0.25) is 11.8 Å². The van der Waals surface area contributed by atoms with Crippen LogP contribution in [0.15, 0.2) is 9.05 Å². The molecule has 3 rings (SSSR count). The Morgan fingerprint density at radius 3 is 2.78 bits per heavy atom. The maximum Gasteiger partial charge on any atom is 0.226 e. The molecule has 0 aromatic carbocycles. The van der Waals surface area contributed by atoms with E-state index < -0.39 is 0 Å². The van der Waals surface area contributed by atoms with Gasteiger partial charge in [-0.3, -0.25) is 4.79 Å². The first-order valence-electron chi connectivity index (χ1n) is 8.13. The lowest BCUT2D eigenvalue weighted by atomic mass is 10.1. The van der Waals surface area contributed by atoms with Gasteiger partial charge in [0.1, 0.15) is 5.76 Å². The van der Waals surface area contributed by atoms with E-state index in [0.29, 0.717) is 31.0 Å². The van der Waals surface area contributed by atoms with Crippen LogP contribution in [0.5, 0.6) is 0 Å². The van der Waals surface area contributed by atoms with E-state index in [-0.39, 0.29) is 11.9 Å². The van der Waals surface area contributed by atoms with Crippen LogP contribution in [0.25, 0.3) is 0 Å². The molecule has 1 fully saturated rings. The van der Waals surface area contributed by atoms with Crippen molar-refractivity contribution in [2.45, 2.75) is 58.9 Å². The normalized spacial score (nSPS) is 17.9. The fourth-order valence-electron chi connectivity index (χ4n) is 3.11. The zero-order valence-electron chi connectivity index (χ0n) is 13.8. The Morgan fingerprint density at radius 2 is 2.13 bits per heavy atom. The number of nitrogens with zero attached hydrogens (tertiary/aromatic N) is 4. The van der Waals surface area contributed by atoms with E-state index >= 15 is 0 Å². The van der Waals surface area contributed by atoms with Crippen molar-refractivity contribution in [2.75, 3.05) is 6.54 Å². The van der Waals surface area contributed by atoms with Gasteiger partial charge in [-0.1, -0.05) is 17.2 Å². The summed E-state index contributed by atoms with van der Waals surface area (Å²) in [5, 5.41) is 7.97. The molecule has 1 saturated heterocycles. The van der Waals surface area contributed by atoms with Gasteiger partial charge in [0.15, 0.2) is 5.82 Å². The van der Waals surface area contributed by atoms with Crippen molar-refractivity contribution in [3.8, 4) is 0 Å².